The zero-order valence-corrected chi connectivity index (χ0v) is 14.5. The fourth-order valence-corrected chi connectivity index (χ4v) is 2.70. The van der Waals surface area contributed by atoms with E-state index in [-0.39, 0.29) is 12.2 Å². The number of nitrogens with zero attached hydrogens (tertiary/aromatic N) is 3. The van der Waals surface area contributed by atoms with Crippen molar-refractivity contribution in [3.63, 3.8) is 0 Å². The van der Waals surface area contributed by atoms with Crippen LogP contribution in [-0.2, 0) is 4.74 Å². The van der Waals surface area contributed by atoms with Crippen LogP contribution in [0.2, 0.25) is 0 Å². The number of rotatable bonds is 6. The standard InChI is InChI=1S/C14H16IN3O4/c1-3-5-6-22-18-12-9(7-16-8-17-12)11(15)10(13(18)19)14(20)21-4-2/h7-8H,3-6H2,1-2H3. The van der Waals surface area contributed by atoms with Crippen LogP contribution in [0.5, 0.6) is 0 Å². The Morgan fingerprint density at radius 2 is 2.18 bits per heavy atom. The molecule has 2 heterocycles. The summed E-state index contributed by atoms with van der Waals surface area (Å²) in [5.41, 5.74) is -0.278. The zero-order valence-electron chi connectivity index (χ0n) is 12.3. The number of unbranched alkanes of at least 4 members (excludes halogenated alkanes) is 1. The third-order valence-electron chi connectivity index (χ3n) is 2.94. The Hall–Kier alpha value is -1.71. The van der Waals surface area contributed by atoms with Crippen LogP contribution in [0.1, 0.15) is 37.0 Å². The number of carbonyl (C=O) groups excluding carboxylic acids is 1. The zero-order chi connectivity index (χ0) is 16.1. The van der Waals surface area contributed by atoms with E-state index in [1.807, 2.05) is 29.5 Å². The van der Waals surface area contributed by atoms with Crippen molar-refractivity contribution in [1.29, 1.82) is 0 Å². The van der Waals surface area contributed by atoms with E-state index in [9.17, 15) is 9.59 Å². The molecule has 0 spiro atoms. The van der Waals surface area contributed by atoms with Crippen molar-refractivity contribution in [2.75, 3.05) is 13.2 Å². The monoisotopic (exact) mass is 417 g/mol. The minimum Gasteiger partial charge on any atom is -0.462 e. The highest BCUT2D eigenvalue weighted by Gasteiger charge is 2.23. The molecule has 0 aliphatic carbocycles. The number of carbonyl (C=O) groups is 1. The molecule has 0 N–H and O–H groups in total. The van der Waals surface area contributed by atoms with Gasteiger partial charge in [0, 0.05) is 9.77 Å². The molecule has 8 heteroatoms. The summed E-state index contributed by atoms with van der Waals surface area (Å²) in [7, 11) is 0. The summed E-state index contributed by atoms with van der Waals surface area (Å²) in [5, 5.41) is 0.572. The van der Waals surface area contributed by atoms with Gasteiger partial charge in [-0.3, -0.25) is 4.79 Å². The van der Waals surface area contributed by atoms with Gasteiger partial charge < -0.3 is 9.57 Å². The highest BCUT2D eigenvalue weighted by Crippen LogP contribution is 2.20. The van der Waals surface area contributed by atoms with Crippen LogP contribution >= 0.6 is 22.6 Å². The number of ether oxygens (including phenoxy) is 1. The number of halogens is 1. The second kappa shape index (κ2) is 7.52. The van der Waals surface area contributed by atoms with E-state index in [0.29, 0.717) is 21.2 Å². The molecule has 0 aliphatic rings. The fraction of sp³-hybridized carbons (Fsp3) is 0.429. The molecule has 0 saturated carbocycles. The van der Waals surface area contributed by atoms with Crippen LogP contribution in [0, 0.1) is 3.57 Å². The van der Waals surface area contributed by atoms with Crippen LogP contribution in [0.15, 0.2) is 17.3 Å². The second-order valence-corrected chi connectivity index (χ2v) is 5.53. The van der Waals surface area contributed by atoms with Gasteiger partial charge in [0.1, 0.15) is 18.5 Å². The summed E-state index contributed by atoms with van der Waals surface area (Å²) in [6.07, 6.45) is 4.60. The Morgan fingerprint density at radius 1 is 1.41 bits per heavy atom. The summed E-state index contributed by atoms with van der Waals surface area (Å²) in [5.74, 6) is -0.671. The lowest BCUT2D eigenvalue weighted by Crippen LogP contribution is -2.34. The topological polar surface area (TPSA) is 83.3 Å². The minimum atomic E-state index is -0.671. The van der Waals surface area contributed by atoms with Gasteiger partial charge in [0.15, 0.2) is 5.65 Å². The van der Waals surface area contributed by atoms with Gasteiger partial charge in [-0.05, 0) is 35.9 Å². The number of hydrogen-bond donors (Lipinski definition) is 0. The highest BCUT2D eigenvalue weighted by atomic mass is 127. The molecule has 118 valence electrons. The van der Waals surface area contributed by atoms with Crippen LogP contribution in [0.25, 0.3) is 11.0 Å². The van der Waals surface area contributed by atoms with Crippen LogP contribution < -0.4 is 10.4 Å². The fourth-order valence-electron chi connectivity index (χ4n) is 1.87. The van der Waals surface area contributed by atoms with E-state index in [4.69, 9.17) is 9.57 Å². The average molecular weight is 417 g/mol. The molecule has 7 nitrogen and oxygen atoms in total. The van der Waals surface area contributed by atoms with Gasteiger partial charge in [0.2, 0.25) is 0 Å². The smallest absolute Gasteiger partial charge is 0.345 e. The van der Waals surface area contributed by atoms with Crippen molar-refractivity contribution in [3.8, 4) is 0 Å². The Labute approximate surface area is 140 Å². The number of fused-ring (bicyclic) bond motifs is 1. The maximum Gasteiger partial charge on any atom is 0.345 e. The predicted molar refractivity (Wildman–Crippen MR) is 88.8 cm³/mol. The van der Waals surface area contributed by atoms with Gasteiger partial charge in [0.05, 0.1) is 12.0 Å². The van der Waals surface area contributed by atoms with E-state index in [0.717, 1.165) is 17.6 Å². The van der Waals surface area contributed by atoms with E-state index < -0.39 is 11.5 Å². The Bertz CT molecular complexity index is 745. The lowest BCUT2D eigenvalue weighted by Gasteiger charge is -2.13. The van der Waals surface area contributed by atoms with Gasteiger partial charge >= 0.3 is 11.5 Å². The van der Waals surface area contributed by atoms with Crippen LogP contribution in [0.4, 0.5) is 0 Å². The van der Waals surface area contributed by atoms with Crippen molar-refractivity contribution >= 4 is 39.6 Å². The summed E-state index contributed by atoms with van der Waals surface area (Å²) in [4.78, 5) is 38.2. The lowest BCUT2D eigenvalue weighted by atomic mass is 10.2. The summed E-state index contributed by atoms with van der Waals surface area (Å²) >= 11 is 1.93. The Balaban J connectivity index is 2.65. The molecule has 2 aromatic rings. The molecular formula is C14H16IN3O4. The molecule has 0 aromatic carbocycles. The molecule has 2 aromatic heterocycles. The molecule has 22 heavy (non-hydrogen) atoms. The molecule has 0 bridgehead atoms. The molecule has 0 radical (unpaired) electrons. The lowest BCUT2D eigenvalue weighted by molar-refractivity contribution is 0.0512. The van der Waals surface area contributed by atoms with Crippen LogP contribution in [-0.4, -0.2) is 33.9 Å². The Morgan fingerprint density at radius 3 is 2.86 bits per heavy atom. The predicted octanol–water partition coefficient (Wildman–Crippen LogP) is 1.80. The second-order valence-electron chi connectivity index (χ2n) is 4.46. The number of esters is 1. The molecule has 0 aliphatic heterocycles. The van der Waals surface area contributed by atoms with Crippen LogP contribution in [0.3, 0.4) is 0 Å². The first-order chi connectivity index (χ1) is 10.6. The van der Waals surface area contributed by atoms with E-state index in [1.165, 1.54) is 6.33 Å². The van der Waals surface area contributed by atoms with Gasteiger partial charge in [-0.1, -0.05) is 13.3 Å². The van der Waals surface area contributed by atoms with Gasteiger partial charge in [0.25, 0.3) is 0 Å². The third kappa shape index (κ3) is 3.21. The minimum absolute atomic E-state index is 0.0544. The van der Waals surface area contributed by atoms with Crippen molar-refractivity contribution in [3.05, 3.63) is 32.0 Å². The summed E-state index contributed by atoms with van der Waals surface area (Å²) in [6, 6.07) is 0. The van der Waals surface area contributed by atoms with Gasteiger partial charge in [-0.2, -0.15) is 0 Å². The van der Waals surface area contributed by atoms with E-state index >= 15 is 0 Å². The molecule has 0 atom stereocenters. The number of hydrogen-bond acceptors (Lipinski definition) is 6. The third-order valence-corrected chi connectivity index (χ3v) is 4.06. The maximum atomic E-state index is 12.6. The SMILES string of the molecule is CCCCOn1c(=O)c(C(=O)OCC)c(I)c2cncnc21. The first-order valence-electron chi connectivity index (χ1n) is 6.96. The molecular weight excluding hydrogens is 401 g/mol. The van der Waals surface area contributed by atoms with E-state index in [2.05, 4.69) is 9.97 Å². The average Bonchev–Trinajstić information content (AvgIpc) is 2.51. The largest absolute Gasteiger partial charge is 0.462 e. The highest BCUT2D eigenvalue weighted by molar-refractivity contribution is 14.1. The number of aromatic nitrogens is 3. The molecule has 2 rings (SSSR count). The van der Waals surface area contributed by atoms with Gasteiger partial charge in [-0.15, -0.1) is 4.73 Å². The molecule has 0 saturated heterocycles. The van der Waals surface area contributed by atoms with Crippen molar-refractivity contribution in [2.24, 2.45) is 0 Å². The molecule has 0 amide bonds. The summed E-state index contributed by atoms with van der Waals surface area (Å²) < 4.78 is 6.49. The summed E-state index contributed by atoms with van der Waals surface area (Å²) in [6.45, 7) is 4.25. The van der Waals surface area contributed by atoms with Crippen molar-refractivity contribution in [2.45, 2.75) is 26.7 Å². The van der Waals surface area contributed by atoms with E-state index in [1.54, 1.807) is 13.1 Å². The normalized spacial score (nSPS) is 10.7. The molecule has 0 fully saturated rings. The Kier molecular flexibility index (Phi) is 5.69. The van der Waals surface area contributed by atoms with Crippen molar-refractivity contribution < 1.29 is 14.4 Å². The first kappa shape index (κ1) is 16.7. The van der Waals surface area contributed by atoms with Crippen molar-refractivity contribution in [1.82, 2.24) is 14.7 Å². The maximum absolute atomic E-state index is 12.6. The van der Waals surface area contributed by atoms with Gasteiger partial charge in [-0.25, -0.2) is 14.8 Å². The number of pyridine rings is 1. The first-order valence-corrected chi connectivity index (χ1v) is 8.04. The quantitative estimate of drug-likeness (QED) is 0.405. The molecule has 0 unspecified atom stereocenters.